The van der Waals surface area contributed by atoms with Gasteiger partial charge in [0, 0.05) is 19.1 Å². The van der Waals surface area contributed by atoms with Gasteiger partial charge in [-0.3, -0.25) is 0 Å². The number of benzene rings is 1. The van der Waals surface area contributed by atoms with Gasteiger partial charge in [-0.25, -0.2) is 4.39 Å². The van der Waals surface area contributed by atoms with Crippen molar-refractivity contribution in [2.24, 2.45) is 0 Å². The minimum absolute atomic E-state index is 0.0220. The summed E-state index contributed by atoms with van der Waals surface area (Å²) in [7, 11) is 1.91. The summed E-state index contributed by atoms with van der Waals surface area (Å²) in [6, 6.07) is 6.86. The maximum Gasteiger partial charge on any atom is 0.146 e. The van der Waals surface area contributed by atoms with E-state index >= 15 is 0 Å². The highest BCUT2D eigenvalue weighted by Gasteiger charge is 2.19. The van der Waals surface area contributed by atoms with Crippen LogP contribution in [0.3, 0.4) is 0 Å². The molecule has 0 atom stereocenters. The highest BCUT2D eigenvalue weighted by molar-refractivity contribution is 5.47. The molecule has 0 saturated carbocycles. The Kier molecular flexibility index (Phi) is 4.30. The quantitative estimate of drug-likeness (QED) is 0.827. The molecule has 0 saturated heterocycles. The van der Waals surface area contributed by atoms with Crippen molar-refractivity contribution in [3.8, 4) is 0 Å². The fourth-order valence-electron chi connectivity index (χ4n) is 1.97. The highest BCUT2D eigenvalue weighted by Crippen LogP contribution is 2.19. The zero-order chi connectivity index (χ0) is 12.2. The number of hydrogen-bond donors (Lipinski definition) is 1. The Bertz CT molecular complexity index is 336. The van der Waals surface area contributed by atoms with Gasteiger partial charge in [-0.1, -0.05) is 19.1 Å². The number of nitrogens with one attached hydrogen (secondary N) is 1. The van der Waals surface area contributed by atoms with Crippen molar-refractivity contribution in [1.82, 2.24) is 5.32 Å². The molecule has 16 heavy (non-hydrogen) atoms. The van der Waals surface area contributed by atoms with E-state index in [1.807, 2.05) is 18.0 Å². The average molecular weight is 224 g/mol. The lowest BCUT2D eigenvalue weighted by atomic mass is 10.0. The number of halogens is 1. The van der Waals surface area contributed by atoms with Gasteiger partial charge in [-0.05, 0) is 32.5 Å². The summed E-state index contributed by atoms with van der Waals surface area (Å²) in [6.07, 6.45) is 0. The van der Waals surface area contributed by atoms with Crippen LogP contribution in [0.25, 0.3) is 0 Å². The summed E-state index contributed by atoms with van der Waals surface area (Å²) in [6.45, 7) is 7.99. The summed E-state index contributed by atoms with van der Waals surface area (Å²) in [5.41, 5.74) is 0.625. The molecule has 0 fully saturated rings. The van der Waals surface area contributed by atoms with E-state index < -0.39 is 0 Å². The molecular formula is C13H21FN2. The van der Waals surface area contributed by atoms with Crippen LogP contribution in [0.1, 0.15) is 20.8 Å². The van der Waals surface area contributed by atoms with Crippen LogP contribution in [0.2, 0.25) is 0 Å². The second-order valence-corrected chi connectivity index (χ2v) is 4.72. The molecular weight excluding hydrogens is 203 g/mol. The molecule has 1 aromatic carbocycles. The maximum atomic E-state index is 13.5. The second-order valence-electron chi connectivity index (χ2n) is 4.72. The Balaban J connectivity index is 2.72. The zero-order valence-electron chi connectivity index (χ0n) is 10.5. The van der Waals surface area contributed by atoms with Gasteiger partial charge < -0.3 is 10.2 Å². The van der Waals surface area contributed by atoms with Crippen molar-refractivity contribution >= 4 is 5.69 Å². The van der Waals surface area contributed by atoms with Gasteiger partial charge in [0.1, 0.15) is 5.82 Å². The molecule has 0 aromatic heterocycles. The van der Waals surface area contributed by atoms with Crippen LogP contribution in [0.4, 0.5) is 10.1 Å². The molecule has 3 heteroatoms. The first-order valence-electron chi connectivity index (χ1n) is 5.67. The molecule has 0 unspecified atom stereocenters. The molecule has 2 nitrogen and oxygen atoms in total. The number of anilines is 1. The topological polar surface area (TPSA) is 15.3 Å². The van der Waals surface area contributed by atoms with Gasteiger partial charge in [-0.15, -0.1) is 0 Å². The predicted molar refractivity (Wildman–Crippen MR) is 67.4 cm³/mol. The van der Waals surface area contributed by atoms with Crippen LogP contribution in [-0.2, 0) is 0 Å². The average Bonchev–Trinajstić information content (AvgIpc) is 2.17. The number of nitrogens with zero attached hydrogens (tertiary/aromatic N) is 1. The lowest BCUT2D eigenvalue weighted by Crippen LogP contribution is -2.48. The van der Waals surface area contributed by atoms with Gasteiger partial charge in [0.2, 0.25) is 0 Å². The van der Waals surface area contributed by atoms with Crippen molar-refractivity contribution in [3.63, 3.8) is 0 Å². The third-order valence-electron chi connectivity index (χ3n) is 2.55. The van der Waals surface area contributed by atoms with Crippen molar-refractivity contribution in [3.05, 3.63) is 30.1 Å². The predicted octanol–water partition coefficient (Wildman–Crippen LogP) is 2.65. The van der Waals surface area contributed by atoms with Crippen LogP contribution in [0, 0.1) is 5.82 Å². The van der Waals surface area contributed by atoms with Gasteiger partial charge >= 0.3 is 0 Å². The van der Waals surface area contributed by atoms with E-state index in [1.54, 1.807) is 12.1 Å². The van der Waals surface area contributed by atoms with E-state index in [4.69, 9.17) is 0 Å². The Hall–Kier alpha value is -1.09. The number of rotatable bonds is 5. The largest absolute Gasteiger partial charge is 0.370 e. The third-order valence-corrected chi connectivity index (χ3v) is 2.55. The molecule has 0 aliphatic carbocycles. The maximum absolute atomic E-state index is 13.5. The van der Waals surface area contributed by atoms with Gasteiger partial charge in [0.05, 0.1) is 5.69 Å². The first-order chi connectivity index (χ1) is 7.46. The smallest absolute Gasteiger partial charge is 0.146 e. The molecule has 1 rings (SSSR count). The Morgan fingerprint density at radius 3 is 2.50 bits per heavy atom. The Labute approximate surface area is 97.5 Å². The van der Waals surface area contributed by atoms with Gasteiger partial charge in [0.25, 0.3) is 0 Å². The molecule has 0 radical (unpaired) electrons. The summed E-state index contributed by atoms with van der Waals surface area (Å²) in [5.74, 6) is -0.169. The SMILES string of the molecule is CCNC(C)(C)CN(C)c1ccccc1F. The van der Waals surface area contributed by atoms with Gasteiger partial charge in [-0.2, -0.15) is 0 Å². The summed E-state index contributed by atoms with van der Waals surface area (Å²) in [5, 5.41) is 3.38. The van der Waals surface area contributed by atoms with Crippen molar-refractivity contribution < 1.29 is 4.39 Å². The lowest BCUT2D eigenvalue weighted by molar-refractivity contribution is 0.402. The van der Waals surface area contributed by atoms with E-state index in [0.29, 0.717) is 5.69 Å². The molecule has 0 spiro atoms. The van der Waals surface area contributed by atoms with Crippen LogP contribution < -0.4 is 10.2 Å². The molecule has 90 valence electrons. The highest BCUT2D eigenvalue weighted by atomic mass is 19.1. The molecule has 0 aliphatic rings. The second kappa shape index (κ2) is 5.30. The minimum atomic E-state index is -0.169. The Morgan fingerprint density at radius 2 is 1.94 bits per heavy atom. The van der Waals surface area contributed by atoms with E-state index in [2.05, 4.69) is 26.1 Å². The first kappa shape index (κ1) is 13.0. The van der Waals surface area contributed by atoms with Crippen molar-refractivity contribution in [1.29, 1.82) is 0 Å². The fourth-order valence-corrected chi connectivity index (χ4v) is 1.97. The third kappa shape index (κ3) is 3.49. The number of likely N-dealkylation sites (N-methyl/N-ethyl adjacent to an activating group) is 2. The van der Waals surface area contributed by atoms with Crippen LogP contribution in [-0.4, -0.2) is 25.7 Å². The zero-order valence-corrected chi connectivity index (χ0v) is 10.5. The van der Waals surface area contributed by atoms with Gasteiger partial charge in [0.15, 0.2) is 0 Å². The normalized spacial score (nSPS) is 11.6. The molecule has 0 amide bonds. The fraction of sp³-hybridized carbons (Fsp3) is 0.538. The molecule has 0 heterocycles. The minimum Gasteiger partial charge on any atom is -0.370 e. The molecule has 1 N–H and O–H groups in total. The first-order valence-corrected chi connectivity index (χ1v) is 5.67. The van der Waals surface area contributed by atoms with E-state index in [0.717, 1.165) is 13.1 Å². The standard InChI is InChI=1S/C13H21FN2/c1-5-15-13(2,3)10-16(4)12-9-7-6-8-11(12)14/h6-9,15H,5,10H2,1-4H3. The van der Waals surface area contributed by atoms with Crippen LogP contribution >= 0.6 is 0 Å². The number of para-hydroxylation sites is 1. The number of hydrogen-bond acceptors (Lipinski definition) is 2. The lowest BCUT2D eigenvalue weighted by Gasteiger charge is -2.32. The van der Waals surface area contributed by atoms with Crippen LogP contribution in [0.15, 0.2) is 24.3 Å². The van der Waals surface area contributed by atoms with E-state index in [-0.39, 0.29) is 11.4 Å². The monoisotopic (exact) mass is 224 g/mol. The van der Waals surface area contributed by atoms with E-state index in [9.17, 15) is 4.39 Å². The summed E-state index contributed by atoms with van der Waals surface area (Å²) < 4.78 is 13.5. The van der Waals surface area contributed by atoms with Crippen molar-refractivity contribution in [2.45, 2.75) is 26.3 Å². The summed E-state index contributed by atoms with van der Waals surface area (Å²) in [4.78, 5) is 1.94. The van der Waals surface area contributed by atoms with E-state index in [1.165, 1.54) is 6.07 Å². The summed E-state index contributed by atoms with van der Waals surface area (Å²) >= 11 is 0. The van der Waals surface area contributed by atoms with Crippen molar-refractivity contribution in [2.75, 3.05) is 25.0 Å². The molecule has 0 bridgehead atoms. The van der Waals surface area contributed by atoms with Crippen LogP contribution in [0.5, 0.6) is 0 Å². The Morgan fingerprint density at radius 1 is 1.31 bits per heavy atom. The molecule has 1 aromatic rings. The molecule has 0 aliphatic heterocycles.